The Balaban J connectivity index is 1.58. The molecule has 298 valence electrons. The topological polar surface area (TPSA) is 156 Å². The number of ether oxygens (including phenoxy) is 3. The van der Waals surface area contributed by atoms with E-state index in [-0.39, 0.29) is 37.5 Å². The third-order valence-electron chi connectivity index (χ3n) is 9.47. The van der Waals surface area contributed by atoms with Gasteiger partial charge in [-0.3, -0.25) is 14.4 Å². The second-order valence-corrected chi connectivity index (χ2v) is 15.4. The van der Waals surface area contributed by atoms with Crippen molar-refractivity contribution in [2.24, 2.45) is 11.8 Å². The molecule has 0 bridgehead atoms. The minimum atomic E-state index is -1.17. The van der Waals surface area contributed by atoms with E-state index in [1.807, 2.05) is 86.6 Å². The summed E-state index contributed by atoms with van der Waals surface area (Å²) in [5, 5.41) is 20.6. The maximum Gasteiger partial charge on any atom is 0.407 e. The summed E-state index contributed by atoms with van der Waals surface area (Å²) in [6.45, 7) is 10.6. The average Bonchev–Trinajstić information content (AvgIpc) is 3.16. The number of nitrogens with zero attached hydrogens (tertiary/aromatic N) is 1. The third kappa shape index (κ3) is 14.0. The minimum absolute atomic E-state index is 0.0380. The summed E-state index contributed by atoms with van der Waals surface area (Å²) in [4.78, 5) is 56.9. The van der Waals surface area contributed by atoms with Gasteiger partial charge in [-0.25, -0.2) is 4.79 Å². The molecular weight excluding hydrogens is 700 g/mol. The van der Waals surface area contributed by atoms with Gasteiger partial charge in [0.15, 0.2) is 0 Å². The molecule has 0 aliphatic carbocycles. The first-order valence-corrected chi connectivity index (χ1v) is 19.1. The lowest BCUT2D eigenvalue weighted by Crippen LogP contribution is -2.58. The molecule has 1 aliphatic heterocycles. The van der Waals surface area contributed by atoms with Gasteiger partial charge in [-0.15, -0.1) is 0 Å². The zero-order valence-corrected chi connectivity index (χ0v) is 33.0. The van der Waals surface area contributed by atoms with Gasteiger partial charge in [0.05, 0.1) is 32.5 Å². The molecule has 3 aromatic rings. The van der Waals surface area contributed by atoms with Crippen LogP contribution in [0.3, 0.4) is 0 Å². The number of nitrogens with one attached hydrogen (secondary N) is 3. The maximum absolute atomic E-state index is 14.3. The average molecular weight is 759 g/mol. The molecule has 1 saturated heterocycles. The molecule has 0 saturated carbocycles. The Morgan fingerprint density at radius 1 is 0.764 bits per heavy atom. The summed E-state index contributed by atoms with van der Waals surface area (Å²) < 4.78 is 16.3. The molecule has 4 rings (SSSR count). The fourth-order valence-corrected chi connectivity index (χ4v) is 6.52. The van der Waals surface area contributed by atoms with Crippen LogP contribution >= 0.6 is 0 Å². The highest BCUT2D eigenvalue weighted by Crippen LogP contribution is 2.22. The molecular formula is C43H58N4O8. The molecule has 4 amide bonds. The van der Waals surface area contributed by atoms with Gasteiger partial charge < -0.3 is 40.2 Å². The molecule has 12 nitrogen and oxygen atoms in total. The predicted octanol–water partition coefficient (Wildman–Crippen LogP) is 4.47. The van der Waals surface area contributed by atoms with E-state index in [1.54, 1.807) is 44.9 Å². The highest BCUT2D eigenvalue weighted by atomic mass is 16.6. The summed E-state index contributed by atoms with van der Waals surface area (Å²) in [5.74, 6) is -1.64. The summed E-state index contributed by atoms with van der Waals surface area (Å²) in [6, 6.07) is 23.6. The Morgan fingerprint density at radius 3 is 1.87 bits per heavy atom. The van der Waals surface area contributed by atoms with Gasteiger partial charge in [0, 0.05) is 25.4 Å². The number of hydrogen-bond acceptors (Lipinski definition) is 8. The smallest absolute Gasteiger partial charge is 0.407 e. The van der Waals surface area contributed by atoms with Gasteiger partial charge in [-0.05, 0) is 74.8 Å². The van der Waals surface area contributed by atoms with E-state index >= 15 is 0 Å². The molecule has 12 heteroatoms. The summed E-state index contributed by atoms with van der Waals surface area (Å²) in [5.41, 5.74) is 1.82. The molecule has 1 aliphatic rings. The number of alkyl carbamates (subject to hydrolysis) is 1. The quantitative estimate of drug-likeness (QED) is 0.157. The van der Waals surface area contributed by atoms with Crippen LogP contribution in [-0.4, -0.2) is 97.1 Å². The number of methoxy groups -OCH3 is 1. The first-order chi connectivity index (χ1) is 26.2. The van der Waals surface area contributed by atoms with Crippen LogP contribution in [0.4, 0.5) is 4.79 Å². The highest BCUT2D eigenvalue weighted by molar-refractivity contribution is 5.93. The van der Waals surface area contributed by atoms with Crippen molar-refractivity contribution in [3.63, 3.8) is 0 Å². The van der Waals surface area contributed by atoms with Gasteiger partial charge in [-0.2, -0.15) is 0 Å². The van der Waals surface area contributed by atoms with Crippen molar-refractivity contribution >= 4 is 23.8 Å². The molecule has 1 heterocycles. The van der Waals surface area contributed by atoms with Gasteiger partial charge in [0.2, 0.25) is 17.7 Å². The molecule has 55 heavy (non-hydrogen) atoms. The van der Waals surface area contributed by atoms with E-state index in [4.69, 9.17) is 14.2 Å². The minimum Gasteiger partial charge on any atom is -0.497 e. The number of rotatable bonds is 17. The normalized spacial score (nSPS) is 15.9. The molecule has 5 atom stereocenters. The standard InChI is InChI=1S/C43H58N4O8/c1-29(2)38(40(50)44-36(27-31-15-11-8-12-16-31)41(51)47-21-23-54-24-22-47)46-39(49)33(25-32-17-19-34(53-6)20-18-32)28-37(48)35(26-30-13-9-7-10-14-30)45-42(52)55-43(3,4)5/h7-20,29,33,35-38,48H,21-28H2,1-6H3,(H,44,50)(H,45,52)(H,46,49)/t33-,35+,36+,37+,38-/m1/s1. The molecule has 0 radical (unpaired) electrons. The van der Waals surface area contributed by atoms with Crippen molar-refractivity contribution in [2.75, 3.05) is 33.4 Å². The van der Waals surface area contributed by atoms with Crippen molar-refractivity contribution in [1.29, 1.82) is 0 Å². The van der Waals surface area contributed by atoms with E-state index in [9.17, 15) is 24.3 Å². The lowest BCUT2D eigenvalue weighted by atomic mass is 9.88. The Bertz CT molecular complexity index is 1660. The van der Waals surface area contributed by atoms with Gasteiger partial charge in [0.25, 0.3) is 0 Å². The number of aliphatic hydroxyl groups is 1. The van der Waals surface area contributed by atoms with E-state index in [1.165, 1.54) is 0 Å². The fraction of sp³-hybridized carbons (Fsp3) is 0.488. The van der Waals surface area contributed by atoms with E-state index in [0.29, 0.717) is 32.1 Å². The van der Waals surface area contributed by atoms with E-state index < -0.39 is 53.7 Å². The molecule has 0 unspecified atom stereocenters. The zero-order chi connectivity index (χ0) is 40.0. The van der Waals surface area contributed by atoms with Crippen LogP contribution in [0.5, 0.6) is 5.75 Å². The number of carbonyl (C=O) groups excluding carboxylic acids is 4. The van der Waals surface area contributed by atoms with Crippen LogP contribution in [-0.2, 0) is 43.1 Å². The van der Waals surface area contributed by atoms with Crippen LogP contribution in [0.25, 0.3) is 0 Å². The van der Waals surface area contributed by atoms with Gasteiger partial charge in [-0.1, -0.05) is 86.6 Å². The Labute approximate surface area is 325 Å². The monoisotopic (exact) mass is 758 g/mol. The first kappa shape index (κ1) is 42.8. The van der Waals surface area contributed by atoms with Crippen molar-refractivity contribution in [3.8, 4) is 5.75 Å². The number of hydrogen-bond donors (Lipinski definition) is 4. The molecule has 3 aromatic carbocycles. The van der Waals surface area contributed by atoms with Crippen LogP contribution in [0.1, 0.15) is 57.7 Å². The second kappa shape index (κ2) is 20.7. The summed E-state index contributed by atoms with van der Waals surface area (Å²) >= 11 is 0. The molecule has 4 N–H and O–H groups in total. The largest absolute Gasteiger partial charge is 0.497 e. The number of amides is 4. The predicted molar refractivity (Wildman–Crippen MR) is 210 cm³/mol. The molecule has 1 fully saturated rings. The number of benzene rings is 3. The molecule has 0 spiro atoms. The summed E-state index contributed by atoms with van der Waals surface area (Å²) in [7, 11) is 1.57. The van der Waals surface area contributed by atoms with Crippen LogP contribution < -0.4 is 20.7 Å². The Kier molecular flexibility index (Phi) is 16.1. The second-order valence-electron chi connectivity index (χ2n) is 15.4. The van der Waals surface area contributed by atoms with Crippen molar-refractivity contribution in [3.05, 3.63) is 102 Å². The molecule has 0 aromatic heterocycles. The van der Waals surface area contributed by atoms with Crippen LogP contribution in [0, 0.1) is 11.8 Å². The van der Waals surface area contributed by atoms with Crippen molar-refractivity contribution < 1.29 is 38.5 Å². The third-order valence-corrected chi connectivity index (χ3v) is 9.47. The van der Waals surface area contributed by atoms with E-state index in [0.717, 1.165) is 16.7 Å². The van der Waals surface area contributed by atoms with Gasteiger partial charge in [0.1, 0.15) is 23.4 Å². The first-order valence-electron chi connectivity index (χ1n) is 19.1. The zero-order valence-electron chi connectivity index (χ0n) is 33.0. The lowest BCUT2D eigenvalue weighted by Gasteiger charge is -2.32. The lowest BCUT2D eigenvalue weighted by molar-refractivity contribution is -0.141. The number of aliphatic hydroxyl groups excluding tert-OH is 1. The maximum atomic E-state index is 14.3. The SMILES string of the molecule is COc1ccc(C[C@H](C[C@H](O)[C@H](Cc2ccccc2)NC(=O)OC(C)(C)C)C(=O)N[C@@H](C(=O)N[C@@H](Cc2ccccc2)C(=O)N2CCOCC2)C(C)C)cc1. The highest BCUT2D eigenvalue weighted by Gasteiger charge is 2.35. The Hall–Kier alpha value is -4.94. The van der Waals surface area contributed by atoms with Crippen molar-refractivity contribution in [1.82, 2.24) is 20.9 Å². The van der Waals surface area contributed by atoms with E-state index in [2.05, 4.69) is 16.0 Å². The van der Waals surface area contributed by atoms with Crippen LogP contribution in [0.2, 0.25) is 0 Å². The fourth-order valence-electron chi connectivity index (χ4n) is 6.52. The number of morpholine rings is 1. The Morgan fingerprint density at radius 2 is 1.33 bits per heavy atom. The number of carbonyl (C=O) groups is 4. The van der Waals surface area contributed by atoms with Crippen molar-refractivity contribution in [2.45, 2.75) is 90.1 Å². The van der Waals surface area contributed by atoms with Gasteiger partial charge >= 0.3 is 6.09 Å². The summed E-state index contributed by atoms with van der Waals surface area (Å²) in [6.07, 6.45) is -1.10. The van der Waals surface area contributed by atoms with Crippen LogP contribution in [0.15, 0.2) is 84.9 Å².